The van der Waals surface area contributed by atoms with Crippen LogP contribution in [0, 0.1) is 0 Å². The smallest absolute Gasteiger partial charge is 0.241 e. The maximum Gasteiger partial charge on any atom is 0.241 e. The fraction of sp³-hybridized carbons (Fsp3) is 0.182. The molecule has 1 atom stereocenters. The van der Waals surface area contributed by atoms with Crippen molar-refractivity contribution in [2.24, 2.45) is 5.73 Å². The second kappa shape index (κ2) is 5.65. The number of aromatic nitrogens is 3. The summed E-state index contributed by atoms with van der Waals surface area (Å²) in [5.41, 5.74) is 6.08. The van der Waals surface area contributed by atoms with Gasteiger partial charge < -0.3 is 5.73 Å². The maximum atomic E-state index is 12.2. The van der Waals surface area contributed by atoms with Gasteiger partial charge in [0.2, 0.25) is 10.0 Å². The molecule has 0 saturated heterocycles. The number of nitrogens with zero attached hydrogens (tertiary/aromatic N) is 2. The zero-order chi connectivity index (χ0) is 14.8. The molecule has 0 bridgehead atoms. The average Bonchev–Trinajstić information content (AvgIpc) is 2.92. The number of benzene rings is 1. The van der Waals surface area contributed by atoms with Gasteiger partial charge in [-0.2, -0.15) is 5.10 Å². The molecule has 0 aliphatic carbocycles. The van der Waals surface area contributed by atoms with E-state index in [-0.39, 0.29) is 9.88 Å². The summed E-state index contributed by atoms with van der Waals surface area (Å²) in [5, 5.41) is 6.29. The summed E-state index contributed by atoms with van der Waals surface area (Å²) in [5.74, 6) is 0.438. The zero-order valence-corrected chi connectivity index (χ0v) is 12.2. The number of H-pyrrole nitrogens is 1. The molecule has 0 aliphatic rings. The zero-order valence-electron chi connectivity index (χ0n) is 10.6. The molecule has 1 aromatic heterocycles. The molecule has 0 fully saturated rings. The van der Waals surface area contributed by atoms with Gasteiger partial charge in [-0.15, -0.1) is 0 Å². The third kappa shape index (κ3) is 3.18. The lowest BCUT2D eigenvalue weighted by Crippen LogP contribution is -2.27. The number of nitrogens with one attached hydrogen (secondary N) is 2. The molecule has 9 heteroatoms. The Hall–Kier alpha value is -1.84. The Morgan fingerprint density at radius 1 is 1.40 bits per heavy atom. The van der Waals surface area contributed by atoms with Gasteiger partial charge in [0, 0.05) is 5.56 Å². The van der Waals surface area contributed by atoms with E-state index in [0.717, 1.165) is 0 Å². The van der Waals surface area contributed by atoms with E-state index in [9.17, 15) is 8.42 Å². The van der Waals surface area contributed by atoms with Gasteiger partial charge in [0.15, 0.2) is 0 Å². The third-order valence-electron chi connectivity index (χ3n) is 2.62. The summed E-state index contributed by atoms with van der Waals surface area (Å²) >= 11 is 4.82. The van der Waals surface area contributed by atoms with Crippen molar-refractivity contribution < 1.29 is 8.42 Å². The van der Waals surface area contributed by atoms with E-state index in [4.69, 9.17) is 18.0 Å². The van der Waals surface area contributed by atoms with Crippen LogP contribution >= 0.6 is 12.2 Å². The van der Waals surface area contributed by atoms with Crippen LogP contribution in [0.15, 0.2) is 35.5 Å². The van der Waals surface area contributed by atoms with Crippen molar-refractivity contribution >= 4 is 27.2 Å². The summed E-state index contributed by atoms with van der Waals surface area (Å²) in [6.45, 7) is 1.67. The summed E-state index contributed by atoms with van der Waals surface area (Å²) < 4.78 is 26.9. The van der Waals surface area contributed by atoms with Crippen molar-refractivity contribution in [1.82, 2.24) is 19.9 Å². The third-order valence-corrected chi connectivity index (χ3v) is 4.42. The number of sulfonamides is 1. The SMILES string of the molecule is CC(NS(=O)(=O)c1ccc(C(N)=S)cc1)c1ncn[nH]1. The standard InChI is InChI=1S/C11H13N5O2S2/c1-7(11-13-6-14-15-11)16-20(17,18)9-4-2-8(3-5-9)10(12)19/h2-7,16H,1H3,(H2,12,19)(H,13,14,15). The molecule has 20 heavy (non-hydrogen) atoms. The molecule has 1 unspecified atom stereocenters. The Morgan fingerprint density at radius 2 is 2.05 bits per heavy atom. The molecule has 0 spiro atoms. The average molecular weight is 311 g/mol. The lowest BCUT2D eigenvalue weighted by Gasteiger charge is -2.12. The lowest BCUT2D eigenvalue weighted by molar-refractivity contribution is 0.560. The number of rotatable bonds is 5. The first-order chi connectivity index (χ1) is 9.40. The van der Waals surface area contributed by atoms with Gasteiger partial charge in [0.25, 0.3) is 0 Å². The van der Waals surface area contributed by atoms with Crippen molar-refractivity contribution in [3.63, 3.8) is 0 Å². The van der Waals surface area contributed by atoms with E-state index in [1.54, 1.807) is 19.1 Å². The van der Waals surface area contributed by atoms with Crippen molar-refractivity contribution in [2.45, 2.75) is 17.9 Å². The van der Waals surface area contributed by atoms with E-state index < -0.39 is 16.1 Å². The van der Waals surface area contributed by atoms with Crippen molar-refractivity contribution in [3.05, 3.63) is 42.0 Å². The molecule has 0 saturated carbocycles. The van der Waals surface area contributed by atoms with Crippen molar-refractivity contribution in [2.75, 3.05) is 0 Å². The lowest BCUT2D eigenvalue weighted by atomic mass is 10.2. The van der Waals surface area contributed by atoms with Crippen LogP contribution in [0.3, 0.4) is 0 Å². The van der Waals surface area contributed by atoms with Gasteiger partial charge in [-0.1, -0.05) is 24.4 Å². The van der Waals surface area contributed by atoms with Crippen LogP contribution in [0.4, 0.5) is 0 Å². The topological polar surface area (TPSA) is 114 Å². The van der Waals surface area contributed by atoms with E-state index in [1.165, 1.54) is 18.5 Å². The van der Waals surface area contributed by atoms with Crippen molar-refractivity contribution in [3.8, 4) is 0 Å². The summed E-state index contributed by atoms with van der Waals surface area (Å²) in [4.78, 5) is 4.25. The largest absolute Gasteiger partial charge is 0.389 e. The molecule has 0 radical (unpaired) electrons. The molecule has 7 nitrogen and oxygen atoms in total. The second-order valence-corrected chi connectivity index (χ2v) is 6.26. The molecule has 2 aromatic rings. The van der Waals surface area contributed by atoms with Gasteiger partial charge >= 0.3 is 0 Å². The predicted molar refractivity (Wildman–Crippen MR) is 77.4 cm³/mol. The number of hydrogen-bond acceptors (Lipinski definition) is 5. The van der Waals surface area contributed by atoms with Gasteiger partial charge in [0.05, 0.1) is 10.9 Å². The van der Waals surface area contributed by atoms with E-state index in [1.807, 2.05) is 0 Å². The van der Waals surface area contributed by atoms with Gasteiger partial charge in [-0.3, -0.25) is 5.10 Å². The molecule has 1 aromatic carbocycles. The fourth-order valence-electron chi connectivity index (χ4n) is 1.58. The Bertz CT molecular complexity index is 695. The summed E-state index contributed by atoms with van der Waals surface area (Å²) in [6.07, 6.45) is 1.32. The first kappa shape index (κ1) is 14.6. The Kier molecular flexibility index (Phi) is 4.12. The molecule has 106 valence electrons. The van der Waals surface area contributed by atoms with E-state index in [2.05, 4.69) is 19.9 Å². The van der Waals surface area contributed by atoms with E-state index >= 15 is 0 Å². The number of aromatic amines is 1. The fourth-order valence-corrected chi connectivity index (χ4v) is 2.92. The molecular weight excluding hydrogens is 298 g/mol. The van der Waals surface area contributed by atoms with Crippen LogP contribution in [0.2, 0.25) is 0 Å². The first-order valence-corrected chi connectivity index (χ1v) is 7.57. The Labute approximate surface area is 121 Å². The number of thiocarbonyl (C=S) groups is 1. The molecule has 2 rings (SSSR count). The maximum absolute atomic E-state index is 12.2. The highest BCUT2D eigenvalue weighted by atomic mass is 32.2. The summed E-state index contributed by atoms with van der Waals surface area (Å²) in [6, 6.07) is 5.51. The highest BCUT2D eigenvalue weighted by Crippen LogP contribution is 2.14. The highest BCUT2D eigenvalue weighted by molar-refractivity contribution is 7.89. The quantitative estimate of drug-likeness (QED) is 0.692. The minimum Gasteiger partial charge on any atom is -0.389 e. The van der Waals surface area contributed by atoms with Crippen LogP contribution < -0.4 is 10.5 Å². The first-order valence-electron chi connectivity index (χ1n) is 5.67. The minimum atomic E-state index is -3.65. The highest BCUT2D eigenvalue weighted by Gasteiger charge is 2.19. The van der Waals surface area contributed by atoms with E-state index in [0.29, 0.717) is 11.4 Å². The number of hydrogen-bond donors (Lipinski definition) is 3. The normalized spacial score (nSPS) is 13.1. The Morgan fingerprint density at radius 3 is 2.55 bits per heavy atom. The van der Waals surface area contributed by atoms with Gasteiger partial charge in [0.1, 0.15) is 17.1 Å². The molecule has 4 N–H and O–H groups in total. The second-order valence-electron chi connectivity index (χ2n) is 4.10. The van der Waals surface area contributed by atoms with Crippen LogP contribution in [0.25, 0.3) is 0 Å². The predicted octanol–water partition coefficient (Wildman–Crippen LogP) is 0.478. The van der Waals surface area contributed by atoms with Crippen LogP contribution in [-0.4, -0.2) is 28.6 Å². The minimum absolute atomic E-state index is 0.129. The Balaban J connectivity index is 2.20. The van der Waals surface area contributed by atoms with Gasteiger partial charge in [-0.25, -0.2) is 18.1 Å². The molecule has 1 heterocycles. The molecule has 0 amide bonds. The van der Waals surface area contributed by atoms with Crippen LogP contribution in [-0.2, 0) is 10.0 Å². The van der Waals surface area contributed by atoms with Gasteiger partial charge in [-0.05, 0) is 19.1 Å². The van der Waals surface area contributed by atoms with Crippen molar-refractivity contribution in [1.29, 1.82) is 0 Å². The molecular formula is C11H13N5O2S2. The summed E-state index contributed by atoms with van der Waals surface area (Å²) in [7, 11) is -3.65. The van der Waals surface area contributed by atoms with Crippen LogP contribution in [0.1, 0.15) is 24.4 Å². The number of nitrogens with two attached hydrogens (primary N) is 1. The van der Waals surface area contributed by atoms with Crippen LogP contribution in [0.5, 0.6) is 0 Å². The molecule has 0 aliphatic heterocycles. The monoisotopic (exact) mass is 311 g/mol.